The van der Waals surface area contributed by atoms with Crippen LogP contribution in [0.5, 0.6) is 17.2 Å². The van der Waals surface area contributed by atoms with E-state index in [0.717, 1.165) is 51.3 Å². The zero-order valence-corrected chi connectivity index (χ0v) is 23.1. The van der Waals surface area contributed by atoms with E-state index in [0.29, 0.717) is 42.1 Å². The zero-order valence-electron chi connectivity index (χ0n) is 19.9. The monoisotopic (exact) mass is 540 g/mol. The van der Waals surface area contributed by atoms with Crippen LogP contribution in [0.4, 0.5) is 0 Å². The first-order valence-electron chi connectivity index (χ1n) is 11.5. The minimum Gasteiger partial charge on any atom is -0.490 e. The molecule has 1 unspecified atom stereocenters. The molecule has 2 aliphatic rings. The Morgan fingerprint density at radius 3 is 2.27 bits per heavy atom. The number of rotatable bonds is 11. The normalized spacial score (nSPS) is 18.8. The van der Waals surface area contributed by atoms with Gasteiger partial charge in [0, 0.05) is 50.1 Å². The summed E-state index contributed by atoms with van der Waals surface area (Å²) in [4.78, 5) is 17.5. The van der Waals surface area contributed by atoms with Gasteiger partial charge in [-0.3, -0.25) is 9.69 Å². The number of benzene rings is 1. The summed E-state index contributed by atoms with van der Waals surface area (Å²) in [5.74, 6) is 2.64. The van der Waals surface area contributed by atoms with Crippen molar-refractivity contribution in [3.63, 3.8) is 0 Å². The van der Waals surface area contributed by atoms with Gasteiger partial charge >= 0.3 is 5.97 Å². The Morgan fingerprint density at radius 2 is 1.67 bits per heavy atom. The van der Waals surface area contributed by atoms with Gasteiger partial charge in [-0.15, -0.1) is 24.8 Å². The van der Waals surface area contributed by atoms with Crippen LogP contribution >= 0.6 is 46.4 Å². The van der Waals surface area contributed by atoms with Gasteiger partial charge < -0.3 is 19.1 Å². The van der Waals surface area contributed by atoms with Crippen molar-refractivity contribution in [1.29, 1.82) is 0 Å². The van der Waals surface area contributed by atoms with Gasteiger partial charge in [0.05, 0.1) is 13.2 Å². The van der Waals surface area contributed by atoms with Crippen LogP contribution in [0.2, 0.25) is 0 Å². The largest absolute Gasteiger partial charge is 0.490 e. The summed E-state index contributed by atoms with van der Waals surface area (Å²) < 4.78 is 17.5. The van der Waals surface area contributed by atoms with Crippen molar-refractivity contribution in [2.24, 2.45) is 0 Å². The van der Waals surface area contributed by atoms with E-state index in [4.69, 9.17) is 14.2 Å². The van der Waals surface area contributed by atoms with Gasteiger partial charge in [0.1, 0.15) is 0 Å². The van der Waals surface area contributed by atoms with Crippen molar-refractivity contribution in [3.05, 3.63) is 17.7 Å². The van der Waals surface area contributed by atoms with Crippen LogP contribution in [0.3, 0.4) is 0 Å². The molecular weight excluding hydrogens is 503 g/mol. The van der Waals surface area contributed by atoms with E-state index < -0.39 is 0 Å². The van der Waals surface area contributed by atoms with E-state index in [1.165, 1.54) is 12.2 Å². The van der Waals surface area contributed by atoms with Crippen LogP contribution in [0.25, 0.3) is 0 Å². The molecule has 1 aromatic carbocycles. The molecular formula is C23H38Cl2N2O4S2. The smallest absolute Gasteiger partial charge is 0.311 e. The molecule has 0 radical (unpaired) electrons. The van der Waals surface area contributed by atoms with E-state index >= 15 is 0 Å². The van der Waals surface area contributed by atoms with Crippen molar-refractivity contribution in [1.82, 2.24) is 9.80 Å². The Bertz CT molecular complexity index is 716. The summed E-state index contributed by atoms with van der Waals surface area (Å²) in [5.41, 5.74) is 1.09. The van der Waals surface area contributed by atoms with Crippen LogP contribution < -0.4 is 14.2 Å². The van der Waals surface area contributed by atoms with Crippen molar-refractivity contribution in [2.75, 3.05) is 51.7 Å². The molecule has 0 spiro atoms. The number of ether oxygens (including phenoxy) is 3. The van der Waals surface area contributed by atoms with E-state index in [-0.39, 0.29) is 30.8 Å². The minimum atomic E-state index is -0.199. The van der Waals surface area contributed by atoms with Gasteiger partial charge in [-0.1, -0.05) is 28.5 Å². The molecule has 2 heterocycles. The van der Waals surface area contributed by atoms with Crippen molar-refractivity contribution in [3.8, 4) is 17.2 Å². The van der Waals surface area contributed by atoms with Gasteiger partial charge in [-0.25, -0.2) is 0 Å². The van der Waals surface area contributed by atoms with E-state index in [9.17, 15) is 4.79 Å². The van der Waals surface area contributed by atoms with Crippen molar-refractivity contribution < 1.29 is 19.0 Å². The molecule has 0 aromatic heterocycles. The first-order chi connectivity index (χ1) is 15.1. The fraction of sp³-hybridized carbons (Fsp3) is 0.696. The third-order valence-electron chi connectivity index (χ3n) is 5.61. The number of likely N-dealkylation sites (N-methyl/N-ethyl adjacent to an activating group) is 1. The van der Waals surface area contributed by atoms with Gasteiger partial charge in [0.2, 0.25) is 5.75 Å². The molecule has 3 rings (SSSR count). The maximum absolute atomic E-state index is 12.6. The van der Waals surface area contributed by atoms with Gasteiger partial charge in [-0.2, -0.15) is 0 Å². The highest BCUT2D eigenvalue weighted by molar-refractivity contribution is 8.77. The summed E-state index contributed by atoms with van der Waals surface area (Å²) in [7, 11) is 3.78. The predicted molar refractivity (Wildman–Crippen MR) is 144 cm³/mol. The van der Waals surface area contributed by atoms with Gasteiger partial charge in [-0.05, 0) is 50.9 Å². The Labute approximate surface area is 219 Å². The molecule has 190 valence electrons. The second kappa shape index (κ2) is 16.2. The van der Waals surface area contributed by atoms with Crippen molar-refractivity contribution >= 4 is 52.4 Å². The number of piperazine rings is 1. The van der Waals surface area contributed by atoms with Crippen LogP contribution in [0.15, 0.2) is 12.1 Å². The third-order valence-corrected chi connectivity index (χ3v) is 8.62. The first-order valence-corrected chi connectivity index (χ1v) is 13.9. The Hall–Kier alpha value is -0.510. The number of esters is 1. The highest BCUT2D eigenvalue weighted by Crippen LogP contribution is 2.41. The van der Waals surface area contributed by atoms with Gasteiger partial charge in [0.25, 0.3) is 0 Å². The summed E-state index contributed by atoms with van der Waals surface area (Å²) in [6, 6.07) is 3.99. The zero-order chi connectivity index (χ0) is 22.1. The Balaban J connectivity index is 0.00000272. The summed E-state index contributed by atoms with van der Waals surface area (Å²) in [6.45, 7) is 13.3. The Kier molecular flexibility index (Phi) is 15.0. The molecule has 1 aromatic rings. The molecule has 10 heteroatoms. The average molecular weight is 542 g/mol. The lowest BCUT2D eigenvalue weighted by Crippen LogP contribution is -2.45. The molecule has 0 amide bonds. The standard InChI is InChI=1S/C23H36N2O4S2.2ClH/c1-4-24-10-12-25(13-11-24)17-18-15-20(27-5-2)23(28-6-3)21(16-18)29-22(26)8-7-19-9-14-30-31-19;;/h15-16,19H,4-14,17H2,1-3H3;2*1H. The predicted octanol–water partition coefficient (Wildman–Crippen LogP) is 5.30. The molecule has 0 bridgehead atoms. The number of hydrogen-bond acceptors (Lipinski definition) is 8. The second-order valence-corrected chi connectivity index (χ2v) is 10.6. The van der Waals surface area contributed by atoms with Gasteiger partial charge in [0.15, 0.2) is 11.5 Å². The van der Waals surface area contributed by atoms with Crippen LogP contribution in [0.1, 0.15) is 45.6 Å². The quantitative estimate of drug-likeness (QED) is 0.213. The first kappa shape index (κ1) is 30.5. The lowest BCUT2D eigenvalue weighted by atomic mass is 10.1. The van der Waals surface area contributed by atoms with E-state index in [2.05, 4.69) is 16.7 Å². The van der Waals surface area contributed by atoms with E-state index in [1.807, 2.05) is 47.6 Å². The number of halogens is 2. The molecule has 0 saturated carbocycles. The molecule has 33 heavy (non-hydrogen) atoms. The van der Waals surface area contributed by atoms with E-state index in [1.54, 1.807) is 0 Å². The molecule has 1 atom stereocenters. The molecule has 2 saturated heterocycles. The van der Waals surface area contributed by atoms with Crippen LogP contribution in [-0.2, 0) is 11.3 Å². The maximum atomic E-state index is 12.6. The molecule has 0 N–H and O–H groups in total. The summed E-state index contributed by atoms with van der Waals surface area (Å²) in [6.07, 6.45) is 2.46. The third kappa shape index (κ3) is 9.57. The number of carbonyl (C=O) groups excluding carboxylic acids is 1. The second-order valence-electron chi connectivity index (χ2n) is 7.84. The molecule has 0 aliphatic carbocycles. The SMILES string of the molecule is CCOc1cc(CN2CCN(CC)CC2)cc(OC(=O)CCC2CCSS2)c1OCC.Cl.Cl. The lowest BCUT2D eigenvalue weighted by Gasteiger charge is -2.34. The molecule has 2 aliphatic heterocycles. The Morgan fingerprint density at radius 1 is 1.00 bits per heavy atom. The number of nitrogens with zero attached hydrogens (tertiary/aromatic N) is 2. The summed E-state index contributed by atoms with van der Waals surface area (Å²) in [5, 5.41) is 0.552. The average Bonchev–Trinajstić information content (AvgIpc) is 3.29. The highest BCUT2D eigenvalue weighted by atomic mass is 35.5. The fourth-order valence-corrected chi connectivity index (χ4v) is 6.86. The van der Waals surface area contributed by atoms with Crippen LogP contribution in [0, 0.1) is 0 Å². The number of hydrogen-bond donors (Lipinski definition) is 0. The molecule has 2 fully saturated rings. The highest BCUT2D eigenvalue weighted by Gasteiger charge is 2.22. The summed E-state index contributed by atoms with van der Waals surface area (Å²) >= 11 is 0. The van der Waals surface area contributed by atoms with Crippen molar-refractivity contribution in [2.45, 2.75) is 51.8 Å². The lowest BCUT2D eigenvalue weighted by molar-refractivity contribution is -0.134. The number of carbonyl (C=O) groups is 1. The topological polar surface area (TPSA) is 51.2 Å². The maximum Gasteiger partial charge on any atom is 0.311 e. The molecule has 6 nitrogen and oxygen atoms in total. The van der Waals surface area contributed by atoms with Crippen LogP contribution in [-0.4, -0.2) is 72.7 Å². The fourth-order valence-electron chi connectivity index (χ4n) is 3.89. The minimum absolute atomic E-state index is 0.